The highest BCUT2D eigenvalue weighted by Crippen LogP contribution is 2.40. The summed E-state index contributed by atoms with van der Waals surface area (Å²) in [6.07, 6.45) is 6.63. The molecular formula is C27H28Cl2N6O2. The molecule has 0 unspecified atom stereocenters. The number of anilines is 1. The molecular weight excluding hydrogens is 511 g/mol. The van der Waals surface area contributed by atoms with Crippen molar-refractivity contribution in [2.45, 2.75) is 44.1 Å². The first-order chi connectivity index (χ1) is 17.9. The molecule has 1 aliphatic carbocycles. The van der Waals surface area contributed by atoms with Gasteiger partial charge in [0, 0.05) is 19.1 Å². The monoisotopic (exact) mass is 538 g/mol. The predicted molar refractivity (Wildman–Crippen MR) is 142 cm³/mol. The first kappa shape index (κ1) is 25.7. The number of amides is 1. The Balaban J connectivity index is 1.25. The number of halogens is 2. The maximum atomic E-state index is 13.0. The number of hydrogen-bond acceptors (Lipinski definition) is 6. The number of ether oxygens (including phenoxy) is 1. The third kappa shape index (κ3) is 5.23. The number of nitrogens with one attached hydrogen (secondary N) is 1. The van der Waals surface area contributed by atoms with E-state index in [1.807, 2.05) is 19.1 Å². The molecule has 3 aromatic rings. The van der Waals surface area contributed by atoms with Crippen molar-refractivity contribution in [1.29, 1.82) is 5.26 Å². The fourth-order valence-electron chi connectivity index (χ4n) is 5.29. The van der Waals surface area contributed by atoms with Crippen LogP contribution in [-0.4, -0.2) is 57.9 Å². The van der Waals surface area contributed by atoms with Crippen molar-refractivity contribution < 1.29 is 9.53 Å². The molecule has 192 valence electrons. The van der Waals surface area contributed by atoms with Crippen LogP contribution < -0.4 is 5.32 Å². The molecule has 0 atom stereocenters. The Labute approximate surface area is 226 Å². The molecule has 1 N–H and O–H groups in total. The lowest BCUT2D eigenvalue weighted by Gasteiger charge is -2.41. The van der Waals surface area contributed by atoms with Gasteiger partial charge in [-0.2, -0.15) is 10.4 Å². The minimum atomic E-state index is -0.594. The molecule has 1 aliphatic heterocycles. The van der Waals surface area contributed by atoms with Crippen LogP contribution in [0.15, 0.2) is 42.7 Å². The zero-order valence-electron chi connectivity index (χ0n) is 20.6. The van der Waals surface area contributed by atoms with Crippen molar-refractivity contribution >= 4 is 34.8 Å². The van der Waals surface area contributed by atoms with Crippen LogP contribution in [0.25, 0.3) is 5.69 Å². The summed E-state index contributed by atoms with van der Waals surface area (Å²) in [6, 6.07) is 11.9. The van der Waals surface area contributed by atoms with Crippen LogP contribution >= 0.6 is 23.2 Å². The van der Waals surface area contributed by atoms with Crippen molar-refractivity contribution in [3.05, 3.63) is 69.7 Å². The summed E-state index contributed by atoms with van der Waals surface area (Å²) < 4.78 is 7.12. The van der Waals surface area contributed by atoms with Gasteiger partial charge in [-0.05, 0) is 62.9 Å². The lowest BCUT2D eigenvalue weighted by molar-refractivity contribution is 0.00493. The first-order valence-corrected chi connectivity index (χ1v) is 13.2. The van der Waals surface area contributed by atoms with E-state index in [0.29, 0.717) is 38.7 Å². The third-order valence-electron chi connectivity index (χ3n) is 7.50. The normalized spacial score (nSPS) is 22.4. The molecule has 5 rings (SSSR count). The average Bonchev–Trinajstić information content (AvgIpc) is 3.32. The zero-order chi connectivity index (χ0) is 26.0. The number of nitrogens with zero attached hydrogens (tertiary/aromatic N) is 5. The molecule has 2 aliphatic rings. The Bertz CT molecular complexity index is 1320. The van der Waals surface area contributed by atoms with Gasteiger partial charge < -0.3 is 10.1 Å². The number of aromatic nitrogens is 3. The van der Waals surface area contributed by atoms with Crippen molar-refractivity contribution in [3.63, 3.8) is 0 Å². The van der Waals surface area contributed by atoms with Crippen LogP contribution in [-0.2, 0) is 10.2 Å². The summed E-state index contributed by atoms with van der Waals surface area (Å²) in [6.45, 7) is 5.30. The first-order valence-electron chi connectivity index (χ1n) is 12.4. The molecule has 10 heteroatoms. The van der Waals surface area contributed by atoms with Crippen LogP contribution in [0.3, 0.4) is 0 Å². The van der Waals surface area contributed by atoms with E-state index in [1.165, 1.54) is 6.20 Å². The van der Waals surface area contributed by atoms with Gasteiger partial charge in [0.05, 0.1) is 75.5 Å². The number of morpholine rings is 1. The number of benzene rings is 1. The van der Waals surface area contributed by atoms with Crippen molar-refractivity contribution in [2.75, 3.05) is 31.6 Å². The van der Waals surface area contributed by atoms with Crippen LogP contribution in [0.5, 0.6) is 0 Å². The SMILES string of the molecule is Cc1c(C(=O)Nc2ccc([C@]3(C#N)CC[C@@H](N4CCOCC4)CC3)nc2)cnn1-c1ccc(Cl)c(Cl)c1. The molecule has 2 fully saturated rings. The minimum absolute atomic E-state index is 0.292. The molecule has 1 aromatic carbocycles. The van der Waals surface area contributed by atoms with E-state index in [1.54, 1.807) is 29.1 Å². The maximum Gasteiger partial charge on any atom is 0.259 e. The van der Waals surface area contributed by atoms with E-state index in [9.17, 15) is 10.1 Å². The quantitative estimate of drug-likeness (QED) is 0.481. The average molecular weight is 539 g/mol. The molecule has 1 saturated carbocycles. The Morgan fingerprint density at radius 3 is 2.54 bits per heavy atom. The van der Waals surface area contributed by atoms with Crippen molar-refractivity contribution in [3.8, 4) is 11.8 Å². The van der Waals surface area contributed by atoms with Crippen LogP contribution in [0.2, 0.25) is 10.0 Å². The molecule has 2 aromatic heterocycles. The lowest BCUT2D eigenvalue weighted by atomic mass is 9.71. The van der Waals surface area contributed by atoms with E-state index < -0.39 is 5.41 Å². The fourth-order valence-corrected chi connectivity index (χ4v) is 5.58. The molecule has 3 heterocycles. The Hall–Kier alpha value is -2.96. The van der Waals surface area contributed by atoms with Gasteiger partial charge in [0.1, 0.15) is 0 Å². The summed E-state index contributed by atoms with van der Waals surface area (Å²) in [5.74, 6) is -0.292. The molecule has 0 spiro atoms. The summed E-state index contributed by atoms with van der Waals surface area (Å²) in [5.41, 5.74) is 2.54. The number of rotatable bonds is 5. The smallest absolute Gasteiger partial charge is 0.259 e. The molecule has 0 bridgehead atoms. The van der Waals surface area contributed by atoms with Gasteiger partial charge in [0.2, 0.25) is 0 Å². The van der Waals surface area contributed by atoms with Gasteiger partial charge in [0.15, 0.2) is 0 Å². The summed E-state index contributed by atoms with van der Waals surface area (Å²) in [4.78, 5) is 20.1. The molecule has 37 heavy (non-hydrogen) atoms. The van der Waals surface area contributed by atoms with Gasteiger partial charge >= 0.3 is 0 Å². The largest absolute Gasteiger partial charge is 0.379 e. The molecule has 8 nitrogen and oxygen atoms in total. The van der Waals surface area contributed by atoms with Gasteiger partial charge in [-0.1, -0.05) is 23.2 Å². The molecule has 1 saturated heterocycles. The zero-order valence-corrected chi connectivity index (χ0v) is 22.1. The van der Waals surface area contributed by atoms with Crippen molar-refractivity contribution in [2.24, 2.45) is 0 Å². The second-order valence-electron chi connectivity index (χ2n) is 9.61. The minimum Gasteiger partial charge on any atom is -0.379 e. The van der Waals surface area contributed by atoms with Gasteiger partial charge in [0.25, 0.3) is 5.91 Å². The highest BCUT2D eigenvalue weighted by Gasteiger charge is 2.40. The molecule has 0 radical (unpaired) electrons. The second-order valence-corrected chi connectivity index (χ2v) is 10.4. The fraction of sp³-hybridized carbons (Fsp3) is 0.407. The van der Waals surface area contributed by atoms with E-state index in [2.05, 4.69) is 26.4 Å². The highest BCUT2D eigenvalue weighted by atomic mass is 35.5. The molecule has 1 amide bonds. The standard InChI is InChI=1S/C27H28Cl2N6O2/c1-18-22(16-32-35(18)21-3-4-23(28)24(29)14-21)26(36)33-19-2-5-25(31-15-19)27(17-30)8-6-20(7-9-27)34-10-12-37-13-11-34/h2-5,14-16,20H,6-13H2,1H3,(H,33,36)/t20-,27-. The van der Waals surface area contributed by atoms with Gasteiger partial charge in [-0.15, -0.1) is 0 Å². The number of carbonyl (C=O) groups excluding carboxylic acids is 1. The number of carbonyl (C=O) groups is 1. The van der Waals surface area contributed by atoms with E-state index in [4.69, 9.17) is 27.9 Å². The predicted octanol–water partition coefficient (Wildman–Crippen LogP) is 5.17. The Morgan fingerprint density at radius 1 is 1.14 bits per heavy atom. The summed E-state index contributed by atoms with van der Waals surface area (Å²) >= 11 is 12.2. The van der Waals surface area contributed by atoms with Crippen molar-refractivity contribution in [1.82, 2.24) is 19.7 Å². The Morgan fingerprint density at radius 2 is 1.89 bits per heavy atom. The maximum absolute atomic E-state index is 13.0. The lowest BCUT2D eigenvalue weighted by Crippen LogP contribution is -2.47. The summed E-state index contributed by atoms with van der Waals surface area (Å²) in [5, 5.41) is 18.2. The topological polar surface area (TPSA) is 96.1 Å². The van der Waals surface area contributed by atoms with Gasteiger partial charge in [-0.25, -0.2) is 4.68 Å². The van der Waals surface area contributed by atoms with E-state index in [0.717, 1.165) is 57.7 Å². The number of nitriles is 1. The number of pyridine rings is 1. The van der Waals surface area contributed by atoms with Gasteiger partial charge in [-0.3, -0.25) is 14.7 Å². The number of hydrogen-bond donors (Lipinski definition) is 1. The summed E-state index contributed by atoms with van der Waals surface area (Å²) in [7, 11) is 0. The van der Waals surface area contributed by atoms with Crippen LogP contribution in [0, 0.1) is 18.3 Å². The van der Waals surface area contributed by atoms with E-state index in [-0.39, 0.29) is 5.91 Å². The highest BCUT2D eigenvalue weighted by molar-refractivity contribution is 6.42. The third-order valence-corrected chi connectivity index (χ3v) is 8.24. The van der Waals surface area contributed by atoms with Crippen LogP contribution in [0.4, 0.5) is 5.69 Å². The van der Waals surface area contributed by atoms with Crippen LogP contribution in [0.1, 0.15) is 47.4 Å². The Kier molecular flexibility index (Phi) is 7.50. The second kappa shape index (κ2) is 10.8. The van der Waals surface area contributed by atoms with E-state index >= 15 is 0 Å².